The van der Waals surface area contributed by atoms with Crippen molar-refractivity contribution in [2.75, 3.05) is 33.3 Å². The number of hydrogen-bond acceptors (Lipinski definition) is 10. The number of allylic oxidation sites excluding steroid dienone is 2. The molecule has 4 rings (SSSR count). The molecule has 4 heterocycles. The minimum atomic E-state index is -1.14. The summed E-state index contributed by atoms with van der Waals surface area (Å²) in [6.07, 6.45) is 11.5. The molecule has 0 aliphatic carbocycles. The summed E-state index contributed by atoms with van der Waals surface area (Å²) in [5, 5.41) is 32.0. The minimum Gasteiger partial charge on any atom is -0.457 e. The zero-order valence-corrected chi connectivity index (χ0v) is 31.5. The van der Waals surface area contributed by atoms with Crippen molar-refractivity contribution < 1.29 is 43.9 Å². The lowest BCUT2D eigenvalue weighted by atomic mass is 9.88. The molecule has 0 spiro atoms. The Morgan fingerprint density at radius 1 is 1.18 bits per heavy atom. The van der Waals surface area contributed by atoms with E-state index < -0.39 is 41.6 Å². The van der Waals surface area contributed by atoms with Crippen molar-refractivity contribution in [3.05, 3.63) is 36.0 Å². The van der Waals surface area contributed by atoms with E-state index in [-0.39, 0.29) is 43.0 Å². The van der Waals surface area contributed by atoms with Crippen LogP contribution in [0.4, 0.5) is 4.79 Å². The molecule has 4 aliphatic heterocycles. The van der Waals surface area contributed by atoms with Crippen molar-refractivity contribution in [3.63, 3.8) is 0 Å². The minimum absolute atomic E-state index is 0.00204. The Bertz CT molecular complexity index is 1210. The Hall–Kier alpha value is -2.28. The highest BCUT2D eigenvalue weighted by Gasteiger charge is 2.47. The fourth-order valence-corrected chi connectivity index (χ4v) is 7.71. The molecule has 11 nitrogen and oxygen atoms in total. The largest absolute Gasteiger partial charge is 0.457 e. The van der Waals surface area contributed by atoms with Gasteiger partial charge in [-0.15, -0.1) is 0 Å². The fourth-order valence-electron chi connectivity index (χ4n) is 7.71. The molecule has 0 aromatic carbocycles. The van der Waals surface area contributed by atoms with Crippen LogP contribution in [0.2, 0.25) is 0 Å². The number of aliphatic hydroxyl groups excluding tert-OH is 2. The second kappa shape index (κ2) is 18.0. The number of epoxide rings is 1. The fraction of sp³-hybridized carbons (Fsp3) is 0.795. The maximum atomic E-state index is 13.5. The number of carbonyl (C=O) groups is 2. The summed E-state index contributed by atoms with van der Waals surface area (Å²) in [7, 11) is 1.58. The molecule has 3 saturated heterocycles. The highest BCUT2D eigenvalue weighted by molar-refractivity contribution is 5.70. The summed E-state index contributed by atoms with van der Waals surface area (Å²) in [5.41, 5.74) is -1.33. The first-order valence-corrected chi connectivity index (χ1v) is 18.9. The van der Waals surface area contributed by atoms with Gasteiger partial charge < -0.3 is 44.1 Å². The molecule has 3 N–H and O–H groups in total. The average molecular weight is 705 g/mol. The molecular formula is C39H64N2O9. The van der Waals surface area contributed by atoms with Gasteiger partial charge in [0, 0.05) is 44.5 Å². The second-order valence-electron chi connectivity index (χ2n) is 15.6. The Labute approximate surface area is 299 Å². The zero-order chi connectivity index (χ0) is 36.6. The van der Waals surface area contributed by atoms with Crippen molar-refractivity contribution >= 4 is 12.1 Å². The maximum absolute atomic E-state index is 13.5. The highest BCUT2D eigenvalue weighted by atomic mass is 16.6. The molecule has 50 heavy (non-hydrogen) atoms. The van der Waals surface area contributed by atoms with Gasteiger partial charge in [0.05, 0.1) is 36.4 Å². The van der Waals surface area contributed by atoms with Gasteiger partial charge in [-0.3, -0.25) is 4.79 Å². The van der Waals surface area contributed by atoms with Gasteiger partial charge in [0.2, 0.25) is 0 Å². The summed E-state index contributed by atoms with van der Waals surface area (Å²) < 4.78 is 23.8. The number of likely N-dealkylation sites (tertiary alicyclic amines) is 2. The number of aliphatic hydroxyl groups is 3. The van der Waals surface area contributed by atoms with Gasteiger partial charge >= 0.3 is 12.1 Å². The van der Waals surface area contributed by atoms with Crippen LogP contribution in [0.25, 0.3) is 0 Å². The molecule has 11 heteroatoms. The van der Waals surface area contributed by atoms with Crippen LogP contribution in [0.15, 0.2) is 36.0 Å². The van der Waals surface area contributed by atoms with E-state index in [1.165, 1.54) is 12.8 Å². The summed E-state index contributed by atoms with van der Waals surface area (Å²) in [6, 6.07) is 0.514. The van der Waals surface area contributed by atoms with E-state index in [1.807, 2.05) is 52.8 Å². The van der Waals surface area contributed by atoms with Crippen LogP contribution < -0.4 is 0 Å². The van der Waals surface area contributed by atoms with Crippen molar-refractivity contribution in [3.8, 4) is 0 Å². The third kappa shape index (κ3) is 11.1. The number of piperidine rings is 1. The molecule has 1 amide bonds. The number of amides is 1. The van der Waals surface area contributed by atoms with Crippen molar-refractivity contribution in [1.29, 1.82) is 0 Å². The van der Waals surface area contributed by atoms with Crippen LogP contribution in [0.3, 0.4) is 0 Å². The number of carbonyl (C=O) groups excluding carboxylic acids is 2. The second-order valence-corrected chi connectivity index (χ2v) is 15.6. The van der Waals surface area contributed by atoms with E-state index in [9.17, 15) is 24.9 Å². The van der Waals surface area contributed by atoms with Crippen LogP contribution in [0.1, 0.15) is 99.3 Å². The molecule has 3 fully saturated rings. The number of methoxy groups -OCH3 is 1. The number of cyclic esters (lactones) is 1. The number of hydrogen-bond donors (Lipinski definition) is 3. The predicted octanol–water partition coefficient (Wildman–Crippen LogP) is 4.92. The summed E-state index contributed by atoms with van der Waals surface area (Å²) in [4.78, 5) is 30.8. The summed E-state index contributed by atoms with van der Waals surface area (Å²) in [5.74, 6) is -0.823. The Balaban J connectivity index is 1.45. The van der Waals surface area contributed by atoms with Crippen LogP contribution in [0.5, 0.6) is 0 Å². The Kier molecular flexibility index (Phi) is 14.6. The lowest BCUT2D eigenvalue weighted by molar-refractivity contribution is -0.151. The molecule has 10 unspecified atom stereocenters. The van der Waals surface area contributed by atoms with Crippen LogP contribution in [-0.2, 0) is 23.7 Å². The number of ether oxygens (including phenoxy) is 4. The lowest BCUT2D eigenvalue weighted by Crippen LogP contribution is -2.49. The molecule has 284 valence electrons. The van der Waals surface area contributed by atoms with Crippen LogP contribution in [-0.4, -0.2) is 124 Å². The van der Waals surface area contributed by atoms with Gasteiger partial charge in [-0.25, -0.2) is 4.79 Å². The van der Waals surface area contributed by atoms with Crippen molar-refractivity contribution in [1.82, 2.24) is 9.80 Å². The van der Waals surface area contributed by atoms with Gasteiger partial charge in [-0.1, -0.05) is 45.1 Å². The molecule has 0 radical (unpaired) electrons. The number of rotatable bonds is 11. The third-order valence-electron chi connectivity index (χ3n) is 11.4. The highest BCUT2D eigenvalue weighted by Crippen LogP contribution is 2.38. The van der Waals surface area contributed by atoms with Gasteiger partial charge in [0.25, 0.3) is 0 Å². The number of esters is 1. The zero-order valence-electron chi connectivity index (χ0n) is 31.5. The normalized spacial score (nSPS) is 34.8. The topological polar surface area (TPSA) is 142 Å². The molecule has 10 atom stereocenters. The van der Waals surface area contributed by atoms with Crippen LogP contribution in [0, 0.1) is 11.8 Å². The van der Waals surface area contributed by atoms with E-state index in [0.717, 1.165) is 31.5 Å². The van der Waals surface area contributed by atoms with E-state index in [1.54, 1.807) is 31.1 Å². The van der Waals surface area contributed by atoms with Crippen LogP contribution >= 0.6 is 0 Å². The standard InChI is InChI=1S/C39H64N2O9/c1-8-31(43)28(4)36-32(48-36)25-38(5,46)18-11-12-26(2)35-27(3)13-14-33(39(6,47-7)19-15-30(42)24-34(44)50-35)49-37(45)41-22-16-29(17-23-41)40-20-9-10-21-40/h11-14,18,27-33,35-36,42-43,46H,8-10,15-17,19-25H2,1-7H3. The van der Waals surface area contributed by atoms with E-state index in [4.69, 9.17) is 18.9 Å². The molecule has 0 saturated carbocycles. The molecule has 0 aromatic heterocycles. The predicted molar refractivity (Wildman–Crippen MR) is 191 cm³/mol. The van der Waals surface area contributed by atoms with E-state index >= 15 is 0 Å². The monoisotopic (exact) mass is 704 g/mol. The van der Waals surface area contributed by atoms with E-state index in [2.05, 4.69) is 4.90 Å². The number of nitrogens with zero attached hydrogens (tertiary/aromatic N) is 2. The third-order valence-corrected chi connectivity index (χ3v) is 11.4. The van der Waals surface area contributed by atoms with Gasteiger partial charge in [-0.2, -0.15) is 0 Å². The quantitative estimate of drug-likeness (QED) is 0.117. The Morgan fingerprint density at radius 3 is 2.50 bits per heavy atom. The first kappa shape index (κ1) is 40.5. The van der Waals surface area contributed by atoms with Crippen molar-refractivity contribution in [2.24, 2.45) is 11.8 Å². The van der Waals surface area contributed by atoms with Gasteiger partial charge in [-0.05, 0) is 90.5 Å². The molecular weight excluding hydrogens is 640 g/mol. The Morgan fingerprint density at radius 2 is 1.86 bits per heavy atom. The van der Waals surface area contributed by atoms with Gasteiger partial charge in [0.15, 0.2) is 6.10 Å². The average Bonchev–Trinajstić information content (AvgIpc) is 3.60. The maximum Gasteiger partial charge on any atom is 0.410 e. The summed E-state index contributed by atoms with van der Waals surface area (Å²) in [6.45, 7) is 14.9. The first-order valence-electron chi connectivity index (χ1n) is 18.9. The van der Waals surface area contributed by atoms with E-state index in [0.29, 0.717) is 38.4 Å². The molecule has 0 aromatic rings. The van der Waals surface area contributed by atoms with Gasteiger partial charge in [0.1, 0.15) is 11.7 Å². The first-order chi connectivity index (χ1) is 23.7. The molecule has 4 aliphatic rings. The molecule has 0 bridgehead atoms. The SMILES string of the molecule is CCC(O)C(C)C1OC1CC(C)(O)C=CC=C(C)C1OC(=O)CC(O)CCC(C)(OC)C(OC(=O)N2CCC(N3CCCC3)CC2)C=CC1C. The summed E-state index contributed by atoms with van der Waals surface area (Å²) >= 11 is 0. The lowest BCUT2D eigenvalue weighted by Gasteiger charge is -2.39. The van der Waals surface area contributed by atoms with Crippen molar-refractivity contribution in [2.45, 2.75) is 153 Å². The smallest absolute Gasteiger partial charge is 0.410 e.